The number of carbonyl (C=O) groups is 1. The number of rotatable bonds is 4. The first kappa shape index (κ1) is 15.7. The van der Waals surface area contributed by atoms with Crippen LogP contribution in [0, 0.1) is 5.92 Å². The number of carbonyl (C=O) groups excluding carboxylic acids is 1. The van der Waals surface area contributed by atoms with Crippen molar-refractivity contribution >= 4 is 39.2 Å². The summed E-state index contributed by atoms with van der Waals surface area (Å²) in [5.74, 6) is 1.46. The standard InChI is InChI=1S/C16H21N3OS2/c1-11-3-5-12(6-4-11)19(2)14(20)9-22-16-15-13(7-8-21-15)17-10-18-16/h7-8,10-12H,3-6,9H2,1-2H3. The van der Waals surface area contributed by atoms with Crippen molar-refractivity contribution < 1.29 is 4.79 Å². The van der Waals surface area contributed by atoms with Gasteiger partial charge in [0, 0.05) is 13.1 Å². The number of hydrogen-bond donors (Lipinski definition) is 0. The Morgan fingerprint density at radius 2 is 2.14 bits per heavy atom. The average Bonchev–Trinajstić information content (AvgIpc) is 3.01. The molecule has 0 bridgehead atoms. The fourth-order valence-electron chi connectivity index (χ4n) is 2.93. The summed E-state index contributed by atoms with van der Waals surface area (Å²) in [6.07, 6.45) is 6.32. The Morgan fingerprint density at radius 1 is 1.36 bits per heavy atom. The van der Waals surface area contributed by atoms with Gasteiger partial charge < -0.3 is 4.90 Å². The Morgan fingerprint density at radius 3 is 2.91 bits per heavy atom. The second kappa shape index (κ2) is 6.96. The Labute approximate surface area is 139 Å². The Balaban J connectivity index is 1.59. The molecule has 0 saturated heterocycles. The largest absolute Gasteiger partial charge is 0.342 e. The van der Waals surface area contributed by atoms with E-state index in [0.717, 1.165) is 34.0 Å². The molecular weight excluding hydrogens is 314 g/mol. The third-order valence-corrected chi connectivity index (χ3v) is 6.48. The van der Waals surface area contributed by atoms with E-state index in [0.29, 0.717) is 11.8 Å². The van der Waals surface area contributed by atoms with Gasteiger partial charge in [-0.15, -0.1) is 11.3 Å². The van der Waals surface area contributed by atoms with Gasteiger partial charge in [-0.05, 0) is 43.0 Å². The third kappa shape index (κ3) is 3.43. The second-order valence-corrected chi connectivity index (χ2v) is 7.90. The summed E-state index contributed by atoms with van der Waals surface area (Å²) in [6, 6.07) is 2.40. The summed E-state index contributed by atoms with van der Waals surface area (Å²) in [5.41, 5.74) is 0.963. The van der Waals surface area contributed by atoms with Gasteiger partial charge in [-0.3, -0.25) is 4.79 Å². The highest BCUT2D eigenvalue weighted by atomic mass is 32.2. The minimum Gasteiger partial charge on any atom is -0.342 e. The predicted octanol–water partition coefficient (Wildman–Crippen LogP) is 3.82. The maximum Gasteiger partial charge on any atom is 0.232 e. The normalized spacial score (nSPS) is 21.9. The lowest BCUT2D eigenvalue weighted by Crippen LogP contribution is -2.40. The summed E-state index contributed by atoms with van der Waals surface area (Å²) in [4.78, 5) is 22.9. The summed E-state index contributed by atoms with van der Waals surface area (Å²) in [7, 11) is 1.95. The van der Waals surface area contributed by atoms with Gasteiger partial charge in [-0.25, -0.2) is 9.97 Å². The molecule has 22 heavy (non-hydrogen) atoms. The molecule has 0 aromatic carbocycles. The lowest BCUT2D eigenvalue weighted by Gasteiger charge is -2.33. The number of thioether (sulfide) groups is 1. The van der Waals surface area contributed by atoms with Crippen molar-refractivity contribution in [2.45, 2.75) is 43.7 Å². The van der Waals surface area contributed by atoms with Gasteiger partial charge in [0.1, 0.15) is 11.4 Å². The van der Waals surface area contributed by atoms with Crippen molar-refractivity contribution in [3.05, 3.63) is 17.8 Å². The molecule has 0 spiro atoms. The lowest BCUT2D eigenvalue weighted by atomic mass is 9.87. The average molecular weight is 335 g/mol. The first-order valence-corrected chi connectivity index (χ1v) is 9.58. The van der Waals surface area contributed by atoms with Crippen LogP contribution >= 0.6 is 23.1 Å². The SMILES string of the molecule is CC1CCC(N(C)C(=O)CSc2ncnc3ccsc23)CC1. The van der Waals surface area contributed by atoms with Crippen LogP contribution in [0.5, 0.6) is 0 Å². The van der Waals surface area contributed by atoms with Crippen LogP contribution in [-0.2, 0) is 4.79 Å². The summed E-state index contributed by atoms with van der Waals surface area (Å²) < 4.78 is 1.08. The van der Waals surface area contributed by atoms with E-state index < -0.39 is 0 Å². The number of thiophene rings is 1. The number of nitrogens with zero attached hydrogens (tertiary/aromatic N) is 3. The van der Waals surface area contributed by atoms with Gasteiger partial charge in [0.05, 0.1) is 16.0 Å². The fraction of sp³-hybridized carbons (Fsp3) is 0.562. The number of hydrogen-bond acceptors (Lipinski definition) is 5. The van der Waals surface area contributed by atoms with Crippen molar-refractivity contribution in [2.24, 2.45) is 5.92 Å². The highest BCUT2D eigenvalue weighted by Gasteiger charge is 2.24. The van der Waals surface area contributed by atoms with Gasteiger partial charge in [0.2, 0.25) is 5.91 Å². The first-order valence-electron chi connectivity index (χ1n) is 7.72. The van der Waals surface area contributed by atoms with Crippen LogP contribution in [0.2, 0.25) is 0 Å². The van der Waals surface area contributed by atoms with Gasteiger partial charge >= 0.3 is 0 Å². The molecule has 1 fully saturated rings. The Kier molecular flexibility index (Phi) is 4.98. The van der Waals surface area contributed by atoms with Crippen molar-refractivity contribution in [1.29, 1.82) is 0 Å². The van der Waals surface area contributed by atoms with Gasteiger partial charge in [0.25, 0.3) is 0 Å². The molecule has 1 amide bonds. The summed E-state index contributed by atoms with van der Waals surface area (Å²) >= 11 is 3.16. The molecule has 2 heterocycles. The minimum atomic E-state index is 0.202. The van der Waals surface area contributed by atoms with Crippen molar-refractivity contribution in [3.63, 3.8) is 0 Å². The summed E-state index contributed by atoms with van der Waals surface area (Å²) in [6.45, 7) is 2.30. The van der Waals surface area contributed by atoms with Crippen molar-refractivity contribution in [1.82, 2.24) is 14.9 Å². The zero-order valence-corrected chi connectivity index (χ0v) is 14.6. The van der Waals surface area contributed by atoms with E-state index >= 15 is 0 Å². The van der Waals surface area contributed by atoms with Crippen LogP contribution in [-0.4, -0.2) is 39.6 Å². The maximum absolute atomic E-state index is 12.4. The molecule has 0 atom stereocenters. The van der Waals surface area contributed by atoms with E-state index in [1.807, 2.05) is 23.4 Å². The molecule has 2 aromatic heterocycles. The molecule has 1 saturated carbocycles. The van der Waals surface area contributed by atoms with E-state index in [-0.39, 0.29) is 5.91 Å². The van der Waals surface area contributed by atoms with Crippen LogP contribution in [0.25, 0.3) is 10.2 Å². The first-order chi connectivity index (χ1) is 10.6. The molecule has 0 unspecified atom stereocenters. The quantitative estimate of drug-likeness (QED) is 0.629. The topological polar surface area (TPSA) is 46.1 Å². The summed E-state index contributed by atoms with van der Waals surface area (Å²) in [5, 5.41) is 2.93. The van der Waals surface area contributed by atoms with Crippen molar-refractivity contribution in [3.8, 4) is 0 Å². The fourth-order valence-corrected chi connectivity index (χ4v) is 4.80. The van der Waals surface area contributed by atoms with Crippen LogP contribution < -0.4 is 0 Å². The van der Waals surface area contributed by atoms with E-state index in [9.17, 15) is 4.79 Å². The van der Waals surface area contributed by atoms with Crippen molar-refractivity contribution in [2.75, 3.05) is 12.8 Å². The molecular formula is C16H21N3OS2. The second-order valence-electron chi connectivity index (χ2n) is 6.02. The molecule has 0 radical (unpaired) electrons. The minimum absolute atomic E-state index is 0.202. The molecule has 2 aromatic rings. The smallest absolute Gasteiger partial charge is 0.232 e. The molecule has 1 aliphatic rings. The highest BCUT2D eigenvalue weighted by Crippen LogP contribution is 2.30. The Bertz CT molecular complexity index is 650. The Hall–Kier alpha value is -1.14. The monoisotopic (exact) mass is 335 g/mol. The van der Waals surface area contributed by atoms with Crippen LogP contribution in [0.15, 0.2) is 22.8 Å². The lowest BCUT2D eigenvalue weighted by molar-refractivity contribution is -0.129. The number of aromatic nitrogens is 2. The number of amides is 1. The molecule has 6 heteroatoms. The van der Waals surface area contributed by atoms with Gasteiger partial charge in [-0.1, -0.05) is 18.7 Å². The zero-order chi connectivity index (χ0) is 15.5. The maximum atomic E-state index is 12.4. The van der Waals surface area contributed by atoms with E-state index in [2.05, 4.69) is 16.9 Å². The molecule has 4 nitrogen and oxygen atoms in total. The van der Waals surface area contributed by atoms with Crippen LogP contribution in [0.4, 0.5) is 0 Å². The van der Waals surface area contributed by atoms with E-state index in [4.69, 9.17) is 0 Å². The van der Waals surface area contributed by atoms with E-state index in [1.54, 1.807) is 17.7 Å². The predicted molar refractivity (Wildman–Crippen MR) is 92.3 cm³/mol. The van der Waals surface area contributed by atoms with Crippen LogP contribution in [0.3, 0.4) is 0 Å². The third-order valence-electron chi connectivity index (χ3n) is 4.47. The van der Waals surface area contributed by atoms with Gasteiger partial charge in [0.15, 0.2) is 0 Å². The molecule has 118 valence electrons. The molecule has 1 aliphatic carbocycles. The van der Waals surface area contributed by atoms with Gasteiger partial charge in [-0.2, -0.15) is 0 Å². The van der Waals surface area contributed by atoms with Crippen LogP contribution in [0.1, 0.15) is 32.6 Å². The number of fused-ring (bicyclic) bond motifs is 1. The molecule has 0 N–H and O–H groups in total. The molecule has 3 rings (SSSR count). The highest BCUT2D eigenvalue weighted by molar-refractivity contribution is 8.00. The zero-order valence-electron chi connectivity index (χ0n) is 13.0. The van der Waals surface area contributed by atoms with E-state index in [1.165, 1.54) is 24.6 Å². The molecule has 0 aliphatic heterocycles.